The summed E-state index contributed by atoms with van der Waals surface area (Å²) >= 11 is 0. The number of fused-ring (bicyclic) bond motifs is 3. The Bertz CT molecular complexity index is 350. The molecule has 2 bridgehead atoms. The summed E-state index contributed by atoms with van der Waals surface area (Å²) < 4.78 is 26.4. The predicted molar refractivity (Wildman–Crippen MR) is 73.1 cm³/mol. The van der Waals surface area contributed by atoms with Crippen molar-refractivity contribution >= 4 is 10.0 Å². The minimum absolute atomic E-state index is 0.275. The van der Waals surface area contributed by atoms with Crippen LogP contribution >= 0.6 is 0 Å². The van der Waals surface area contributed by atoms with Gasteiger partial charge in [-0.05, 0) is 6.42 Å². The van der Waals surface area contributed by atoms with Gasteiger partial charge in [0.25, 0.3) is 0 Å². The molecule has 1 N–H and O–H groups in total. The van der Waals surface area contributed by atoms with Crippen molar-refractivity contribution in [1.82, 2.24) is 14.5 Å². The molecule has 5 nitrogen and oxygen atoms in total. The summed E-state index contributed by atoms with van der Waals surface area (Å²) in [6.45, 7) is 8.12. The SMILES string of the molecule is CCCCCS(=O)(=O)NC[C@H]1CN2CCN1CC2. The smallest absolute Gasteiger partial charge is 0.211 e. The van der Waals surface area contributed by atoms with E-state index in [1.807, 2.05) is 0 Å². The number of sulfonamides is 1. The zero-order valence-electron chi connectivity index (χ0n) is 11.3. The van der Waals surface area contributed by atoms with E-state index in [0.29, 0.717) is 12.6 Å². The topological polar surface area (TPSA) is 52.7 Å². The molecule has 0 saturated carbocycles. The van der Waals surface area contributed by atoms with E-state index in [4.69, 9.17) is 0 Å². The molecule has 106 valence electrons. The zero-order valence-corrected chi connectivity index (χ0v) is 12.1. The van der Waals surface area contributed by atoms with Gasteiger partial charge in [-0.1, -0.05) is 19.8 Å². The summed E-state index contributed by atoms with van der Waals surface area (Å²) in [5, 5.41) is 0. The Kier molecular flexibility index (Phi) is 5.00. The molecule has 0 aliphatic carbocycles. The molecule has 6 heteroatoms. The molecule has 3 heterocycles. The summed E-state index contributed by atoms with van der Waals surface area (Å²) in [7, 11) is -3.07. The van der Waals surface area contributed by atoms with Gasteiger partial charge in [-0.2, -0.15) is 0 Å². The van der Waals surface area contributed by atoms with Crippen LogP contribution in [0, 0.1) is 0 Å². The highest BCUT2D eigenvalue weighted by Crippen LogP contribution is 2.15. The van der Waals surface area contributed by atoms with E-state index in [1.54, 1.807) is 0 Å². The number of nitrogens with one attached hydrogen (secondary N) is 1. The first-order valence-corrected chi connectivity index (χ1v) is 8.69. The maximum atomic E-state index is 11.8. The second kappa shape index (κ2) is 6.32. The first-order chi connectivity index (χ1) is 8.61. The first-order valence-electron chi connectivity index (χ1n) is 7.04. The molecule has 3 rings (SSSR count). The van der Waals surface area contributed by atoms with Gasteiger partial charge in [-0.3, -0.25) is 9.80 Å². The molecule has 3 saturated heterocycles. The number of hydrogen-bond donors (Lipinski definition) is 1. The van der Waals surface area contributed by atoms with Gasteiger partial charge in [-0.25, -0.2) is 13.1 Å². The Balaban J connectivity index is 1.73. The van der Waals surface area contributed by atoms with E-state index in [2.05, 4.69) is 21.4 Å². The largest absolute Gasteiger partial charge is 0.299 e. The Labute approximate surface area is 111 Å². The summed E-state index contributed by atoms with van der Waals surface area (Å²) in [5.41, 5.74) is 0. The number of nitrogens with zero attached hydrogens (tertiary/aromatic N) is 2. The van der Waals surface area contributed by atoms with Crippen LogP contribution in [0.5, 0.6) is 0 Å². The van der Waals surface area contributed by atoms with Gasteiger partial charge in [0.15, 0.2) is 0 Å². The molecule has 0 spiro atoms. The first kappa shape index (κ1) is 14.2. The number of piperazine rings is 3. The van der Waals surface area contributed by atoms with Crippen molar-refractivity contribution in [3.8, 4) is 0 Å². The van der Waals surface area contributed by atoms with Crippen LogP contribution in [0.15, 0.2) is 0 Å². The lowest BCUT2D eigenvalue weighted by molar-refractivity contribution is 0.0158. The minimum Gasteiger partial charge on any atom is -0.299 e. The molecule has 0 amide bonds. The van der Waals surface area contributed by atoms with Crippen LogP contribution < -0.4 is 4.72 Å². The molecule has 3 fully saturated rings. The van der Waals surface area contributed by atoms with Crippen LogP contribution in [-0.2, 0) is 10.0 Å². The lowest BCUT2D eigenvalue weighted by Gasteiger charge is -2.47. The lowest BCUT2D eigenvalue weighted by Crippen LogP contribution is -2.63. The molecule has 0 aromatic carbocycles. The number of unbranched alkanes of at least 4 members (excludes halogenated alkanes) is 2. The van der Waals surface area contributed by atoms with Crippen molar-refractivity contribution in [1.29, 1.82) is 0 Å². The molecular weight excluding hydrogens is 250 g/mol. The summed E-state index contributed by atoms with van der Waals surface area (Å²) in [6, 6.07) is 0.369. The fraction of sp³-hybridized carbons (Fsp3) is 1.00. The zero-order chi connectivity index (χ0) is 13.0. The van der Waals surface area contributed by atoms with Crippen molar-refractivity contribution in [2.75, 3.05) is 45.0 Å². The average molecular weight is 275 g/mol. The van der Waals surface area contributed by atoms with Crippen LogP contribution in [0.3, 0.4) is 0 Å². The molecule has 3 aliphatic rings. The number of hydrogen-bond acceptors (Lipinski definition) is 4. The van der Waals surface area contributed by atoms with Crippen LogP contribution in [0.1, 0.15) is 26.2 Å². The standard InChI is InChI=1S/C12H25N3O2S/c1-2-3-4-9-18(16,17)13-10-12-11-14-5-7-15(12)8-6-14/h12-13H,2-11H2,1H3/t12-/m0/s1. The van der Waals surface area contributed by atoms with Crippen molar-refractivity contribution in [3.05, 3.63) is 0 Å². The third-order valence-electron chi connectivity index (χ3n) is 3.95. The van der Waals surface area contributed by atoms with Crippen LogP contribution in [0.4, 0.5) is 0 Å². The predicted octanol–water partition coefficient (Wildman–Crippen LogP) is 0.0958. The van der Waals surface area contributed by atoms with Crippen LogP contribution in [-0.4, -0.2) is 69.3 Å². The second-order valence-corrected chi connectivity index (χ2v) is 7.29. The van der Waals surface area contributed by atoms with E-state index >= 15 is 0 Å². The van der Waals surface area contributed by atoms with E-state index in [0.717, 1.165) is 52.0 Å². The fourth-order valence-corrected chi connectivity index (χ4v) is 3.93. The molecule has 3 aliphatic heterocycles. The third-order valence-corrected chi connectivity index (χ3v) is 5.38. The highest BCUT2D eigenvalue weighted by molar-refractivity contribution is 7.89. The monoisotopic (exact) mass is 275 g/mol. The van der Waals surface area contributed by atoms with Crippen molar-refractivity contribution < 1.29 is 8.42 Å². The Morgan fingerprint density at radius 1 is 1.17 bits per heavy atom. The molecule has 18 heavy (non-hydrogen) atoms. The molecule has 0 aromatic rings. The van der Waals surface area contributed by atoms with Gasteiger partial charge in [0.2, 0.25) is 10.0 Å². The maximum Gasteiger partial charge on any atom is 0.211 e. The van der Waals surface area contributed by atoms with Crippen molar-refractivity contribution in [2.45, 2.75) is 32.2 Å². The summed E-state index contributed by atoms with van der Waals surface area (Å²) in [6.07, 6.45) is 2.82. The summed E-state index contributed by atoms with van der Waals surface area (Å²) in [4.78, 5) is 4.84. The summed E-state index contributed by atoms with van der Waals surface area (Å²) in [5.74, 6) is 0.275. The normalized spacial score (nSPS) is 31.7. The van der Waals surface area contributed by atoms with Gasteiger partial charge < -0.3 is 0 Å². The van der Waals surface area contributed by atoms with E-state index in [1.165, 1.54) is 0 Å². The maximum absolute atomic E-state index is 11.8. The highest BCUT2D eigenvalue weighted by Gasteiger charge is 2.32. The fourth-order valence-electron chi connectivity index (χ4n) is 2.76. The van der Waals surface area contributed by atoms with Crippen molar-refractivity contribution in [3.63, 3.8) is 0 Å². The molecule has 0 unspecified atom stereocenters. The molecule has 1 atom stereocenters. The second-order valence-electron chi connectivity index (χ2n) is 5.36. The average Bonchev–Trinajstić information content (AvgIpc) is 2.38. The quantitative estimate of drug-likeness (QED) is 0.669. The van der Waals surface area contributed by atoms with E-state index in [9.17, 15) is 8.42 Å². The Morgan fingerprint density at radius 2 is 1.89 bits per heavy atom. The molecule has 0 aromatic heterocycles. The highest BCUT2D eigenvalue weighted by atomic mass is 32.2. The van der Waals surface area contributed by atoms with Gasteiger partial charge in [0.1, 0.15) is 0 Å². The third kappa shape index (κ3) is 3.91. The van der Waals surface area contributed by atoms with Crippen LogP contribution in [0.2, 0.25) is 0 Å². The van der Waals surface area contributed by atoms with Crippen molar-refractivity contribution in [2.24, 2.45) is 0 Å². The Morgan fingerprint density at radius 3 is 2.44 bits per heavy atom. The molecular formula is C12H25N3O2S. The van der Waals surface area contributed by atoms with E-state index in [-0.39, 0.29) is 5.75 Å². The van der Waals surface area contributed by atoms with Gasteiger partial charge in [0, 0.05) is 45.3 Å². The Hall–Kier alpha value is -0.170. The van der Waals surface area contributed by atoms with Gasteiger partial charge >= 0.3 is 0 Å². The lowest BCUT2D eigenvalue weighted by atomic mass is 10.1. The minimum atomic E-state index is -3.07. The van der Waals surface area contributed by atoms with Gasteiger partial charge in [-0.15, -0.1) is 0 Å². The van der Waals surface area contributed by atoms with Gasteiger partial charge in [0.05, 0.1) is 5.75 Å². The number of rotatable bonds is 7. The van der Waals surface area contributed by atoms with Crippen LogP contribution in [0.25, 0.3) is 0 Å². The molecule has 0 radical (unpaired) electrons. The van der Waals surface area contributed by atoms with E-state index < -0.39 is 10.0 Å².